The molecule has 0 aromatic carbocycles. The van der Waals surface area contributed by atoms with Crippen molar-refractivity contribution in [3.05, 3.63) is 22.3 Å². The quantitative estimate of drug-likeness (QED) is 0.737. The highest BCUT2D eigenvalue weighted by Gasteiger charge is 2.14. The summed E-state index contributed by atoms with van der Waals surface area (Å²) >= 11 is 3.17. The molecule has 0 aliphatic rings. The van der Waals surface area contributed by atoms with E-state index in [1.807, 2.05) is 0 Å². The van der Waals surface area contributed by atoms with Gasteiger partial charge in [0, 0.05) is 10.7 Å². The third kappa shape index (κ3) is 1.55. The lowest BCUT2D eigenvalue weighted by molar-refractivity contribution is 0.0600. The molecule has 0 spiro atoms. The van der Waals surface area contributed by atoms with Gasteiger partial charge in [0.25, 0.3) is 0 Å². The fourth-order valence-corrected chi connectivity index (χ4v) is 1.24. The van der Waals surface area contributed by atoms with Crippen LogP contribution < -0.4 is 5.73 Å². The molecule has 0 unspecified atom stereocenters. The summed E-state index contributed by atoms with van der Waals surface area (Å²) in [5.74, 6) is -0.330. The summed E-state index contributed by atoms with van der Waals surface area (Å²) in [5.41, 5.74) is 5.72. The van der Waals surface area contributed by atoms with Crippen molar-refractivity contribution in [2.24, 2.45) is 0 Å². The standard InChI is InChI=1S/C7H7BrN2O2/c1-12-7(11)5-4(8)2-3-10-6(5)9/h2-3H,1H3,(H2,9,10). The van der Waals surface area contributed by atoms with Crippen LogP contribution >= 0.6 is 15.9 Å². The molecule has 2 N–H and O–H groups in total. The van der Waals surface area contributed by atoms with E-state index in [1.54, 1.807) is 6.07 Å². The van der Waals surface area contributed by atoms with E-state index in [-0.39, 0.29) is 11.4 Å². The van der Waals surface area contributed by atoms with Crippen molar-refractivity contribution in [1.82, 2.24) is 4.98 Å². The Hall–Kier alpha value is -1.10. The van der Waals surface area contributed by atoms with Gasteiger partial charge >= 0.3 is 5.97 Å². The molecule has 1 rings (SSSR count). The molecule has 0 bridgehead atoms. The minimum absolute atomic E-state index is 0.163. The first-order valence-electron chi connectivity index (χ1n) is 3.15. The number of carbonyl (C=O) groups is 1. The average Bonchev–Trinajstić information content (AvgIpc) is 2.03. The average molecular weight is 231 g/mol. The number of aromatic nitrogens is 1. The largest absolute Gasteiger partial charge is 0.465 e. The Kier molecular flexibility index (Phi) is 2.65. The van der Waals surface area contributed by atoms with Crippen molar-refractivity contribution in [3.8, 4) is 0 Å². The Morgan fingerprint density at radius 1 is 1.75 bits per heavy atom. The minimum Gasteiger partial charge on any atom is -0.465 e. The number of esters is 1. The summed E-state index contributed by atoms with van der Waals surface area (Å²) in [7, 11) is 1.29. The summed E-state index contributed by atoms with van der Waals surface area (Å²) in [6.07, 6.45) is 1.51. The zero-order valence-corrected chi connectivity index (χ0v) is 7.96. The molecule has 0 fully saturated rings. The number of pyridine rings is 1. The first kappa shape index (κ1) is 8.99. The highest BCUT2D eigenvalue weighted by molar-refractivity contribution is 9.10. The molecular formula is C7H7BrN2O2. The molecule has 0 radical (unpaired) electrons. The topological polar surface area (TPSA) is 65.2 Å². The molecule has 0 aliphatic carbocycles. The van der Waals surface area contributed by atoms with E-state index in [2.05, 4.69) is 25.7 Å². The number of nitrogens with zero attached hydrogens (tertiary/aromatic N) is 1. The first-order valence-corrected chi connectivity index (χ1v) is 3.94. The molecule has 1 aromatic rings. The van der Waals surface area contributed by atoms with Gasteiger partial charge in [-0.05, 0) is 22.0 Å². The summed E-state index contributed by atoms with van der Waals surface area (Å²) in [6, 6.07) is 1.63. The molecule has 0 amide bonds. The maximum Gasteiger partial charge on any atom is 0.342 e. The lowest BCUT2D eigenvalue weighted by Gasteiger charge is -2.03. The monoisotopic (exact) mass is 230 g/mol. The fraction of sp³-hybridized carbons (Fsp3) is 0.143. The van der Waals surface area contributed by atoms with E-state index in [0.29, 0.717) is 4.47 Å². The van der Waals surface area contributed by atoms with Crippen LogP contribution in [0.4, 0.5) is 5.82 Å². The zero-order valence-electron chi connectivity index (χ0n) is 6.37. The first-order chi connectivity index (χ1) is 5.66. The van der Waals surface area contributed by atoms with Crippen molar-refractivity contribution in [2.45, 2.75) is 0 Å². The normalized spacial score (nSPS) is 9.50. The van der Waals surface area contributed by atoms with Gasteiger partial charge in [-0.3, -0.25) is 0 Å². The molecule has 0 saturated heterocycles. The molecule has 1 heterocycles. The number of carbonyl (C=O) groups excluding carboxylic acids is 1. The molecule has 64 valence electrons. The van der Waals surface area contributed by atoms with Crippen LogP contribution in [0.3, 0.4) is 0 Å². The van der Waals surface area contributed by atoms with Crippen LogP contribution in [0.15, 0.2) is 16.7 Å². The second-order valence-corrected chi connectivity index (χ2v) is 2.90. The van der Waals surface area contributed by atoms with E-state index in [0.717, 1.165) is 0 Å². The Morgan fingerprint density at radius 2 is 2.42 bits per heavy atom. The Bertz CT molecular complexity index is 294. The van der Waals surface area contributed by atoms with Crippen LogP contribution in [0, 0.1) is 0 Å². The van der Waals surface area contributed by atoms with Gasteiger partial charge < -0.3 is 10.5 Å². The summed E-state index contributed by atoms with van der Waals surface area (Å²) < 4.78 is 5.09. The zero-order chi connectivity index (χ0) is 9.14. The van der Waals surface area contributed by atoms with Crippen LogP contribution in [-0.2, 0) is 4.74 Å². The second-order valence-electron chi connectivity index (χ2n) is 2.04. The Labute approximate surface area is 77.9 Å². The van der Waals surface area contributed by atoms with Crippen LogP contribution in [0.2, 0.25) is 0 Å². The van der Waals surface area contributed by atoms with Gasteiger partial charge in [0.2, 0.25) is 0 Å². The van der Waals surface area contributed by atoms with Gasteiger partial charge in [-0.1, -0.05) is 0 Å². The highest BCUT2D eigenvalue weighted by Crippen LogP contribution is 2.20. The minimum atomic E-state index is -0.493. The number of anilines is 1. The van der Waals surface area contributed by atoms with Crippen molar-refractivity contribution < 1.29 is 9.53 Å². The van der Waals surface area contributed by atoms with Crippen molar-refractivity contribution in [2.75, 3.05) is 12.8 Å². The summed E-state index contributed by atoms with van der Waals surface area (Å²) in [4.78, 5) is 14.8. The highest BCUT2D eigenvalue weighted by atomic mass is 79.9. The third-order valence-corrected chi connectivity index (χ3v) is 1.98. The molecule has 5 heteroatoms. The van der Waals surface area contributed by atoms with Gasteiger partial charge in [0.1, 0.15) is 11.4 Å². The van der Waals surface area contributed by atoms with Gasteiger partial charge in [-0.25, -0.2) is 9.78 Å². The molecular weight excluding hydrogens is 224 g/mol. The van der Waals surface area contributed by atoms with E-state index < -0.39 is 5.97 Å². The maximum absolute atomic E-state index is 11.1. The second kappa shape index (κ2) is 3.53. The number of rotatable bonds is 1. The number of methoxy groups -OCH3 is 1. The molecule has 4 nitrogen and oxygen atoms in total. The van der Waals surface area contributed by atoms with E-state index in [1.165, 1.54) is 13.3 Å². The van der Waals surface area contributed by atoms with E-state index in [4.69, 9.17) is 5.73 Å². The van der Waals surface area contributed by atoms with Gasteiger partial charge in [0.05, 0.1) is 7.11 Å². The van der Waals surface area contributed by atoms with Crippen molar-refractivity contribution >= 4 is 27.7 Å². The molecule has 0 atom stereocenters. The van der Waals surface area contributed by atoms with Crippen LogP contribution in [0.5, 0.6) is 0 Å². The number of nitrogens with two attached hydrogens (primary N) is 1. The van der Waals surface area contributed by atoms with Crippen molar-refractivity contribution in [1.29, 1.82) is 0 Å². The summed E-state index contributed by atoms with van der Waals surface area (Å²) in [6.45, 7) is 0. The third-order valence-electron chi connectivity index (χ3n) is 1.32. The molecule has 0 aliphatic heterocycles. The molecule has 1 aromatic heterocycles. The SMILES string of the molecule is COC(=O)c1c(Br)ccnc1N. The number of nitrogen functional groups attached to an aromatic ring is 1. The van der Waals surface area contributed by atoms with Gasteiger partial charge in [-0.2, -0.15) is 0 Å². The number of hydrogen-bond acceptors (Lipinski definition) is 4. The molecule has 12 heavy (non-hydrogen) atoms. The molecule has 0 saturated carbocycles. The van der Waals surface area contributed by atoms with Gasteiger partial charge in [-0.15, -0.1) is 0 Å². The Balaban J connectivity index is 3.21. The maximum atomic E-state index is 11.1. The van der Waals surface area contributed by atoms with E-state index >= 15 is 0 Å². The number of hydrogen-bond donors (Lipinski definition) is 1. The van der Waals surface area contributed by atoms with Crippen LogP contribution in [0.25, 0.3) is 0 Å². The van der Waals surface area contributed by atoms with Crippen LogP contribution in [-0.4, -0.2) is 18.1 Å². The van der Waals surface area contributed by atoms with Gasteiger partial charge in [0.15, 0.2) is 0 Å². The number of halogens is 1. The van der Waals surface area contributed by atoms with E-state index in [9.17, 15) is 4.79 Å². The van der Waals surface area contributed by atoms with Crippen LogP contribution in [0.1, 0.15) is 10.4 Å². The predicted octanol–water partition coefficient (Wildman–Crippen LogP) is 1.21. The Morgan fingerprint density at radius 3 is 2.92 bits per heavy atom. The lowest BCUT2D eigenvalue weighted by atomic mass is 10.2. The fourth-order valence-electron chi connectivity index (χ4n) is 0.757. The van der Waals surface area contributed by atoms with Crippen molar-refractivity contribution in [3.63, 3.8) is 0 Å². The lowest BCUT2D eigenvalue weighted by Crippen LogP contribution is -2.07. The summed E-state index contributed by atoms with van der Waals surface area (Å²) in [5, 5.41) is 0. The number of ether oxygens (including phenoxy) is 1. The smallest absolute Gasteiger partial charge is 0.342 e. The predicted molar refractivity (Wildman–Crippen MR) is 47.7 cm³/mol.